The van der Waals surface area contributed by atoms with Crippen LogP contribution in [0, 0.1) is 0 Å². The molecule has 2 aliphatic heterocycles. The number of aryl methyl sites for hydroxylation is 1. The van der Waals surface area contributed by atoms with Gasteiger partial charge in [-0.15, -0.1) is 0 Å². The Labute approximate surface area is 151 Å². The van der Waals surface area contributed by atoms with Crippen molar-refractivity contribution in [3.05, 3.63) is 29.8 Å². The number of ether oxygens (including phenoxy) is 1. The molecule has 2 saturated heterocycles. The predicted molar refractivity (Wildman–Crippen MR) is 100 cm³/mol. The van der Waals surface area contributed by atoms with Crippen molar-refractivity contribution in [2.75, 3.05) is 45.1 Å². The average Bonchev–Trinajstić information content (AvgIpc) is 3.15. The Kier molecular flexibility index (Phi) is 6.70. The normalized spacial score (nSPS) is 19.4. The molecule has 2 aliphatic rings. The molecule has 1 amide bonds. The maximum Gasteiger partial charge on any atom is 0.222 e. The summed E-state index contributed by atoms with van der Waals surface area (Å²) in [5.74, 6) is 0.235. The number of nitrogen functional groups attached to an aromatic ring is 1. The summed E-state index contributed by atoms with van der Waals surface area (Å²) in [4.78, 5) is 16.9. The van der Waals surface area contributed by atoms with E-state index in [-0.39, 0.29) is 5.91 Å². The number of nitrogens with two attached hydrogens (primary N) is 1. The lowest BCUT2D eigenvalue weighted by atomic mass is 10.0. The average molecular weight is 345 g/mol. The Morgan fingerprint density at radius 3 is 2.56 bits per heavy atom. The number of carbonyl (C=O) groups is 1. The van der Waals surface area contributed by atoms with Crippen LogP contribution in [0.1, 0.15) is 37.7 Å². The molecule has 0 spiro atoms. The van der Waals surface area contributed by atoms with Gasteiger partial charge in [0.05, 0.1) is 12.7 Å². The van der Waals surface area contributed by atoms with Gasteiger partial charge in [0, 0.05) is 31.7 Å². The highest BCUT2D eigenvalue weighted by Gasteiger charge is 2.23. The first-order valence-electron chi connectivity index (χ1n) is 9.67. The topological polar surface area (TPSA) is 58.8 Å². The van der Waals surface area contributed by atoms with Crippen molar-refractivity contribution in [2.24, 2.45) is 0 Å². The van der Waals surface area contributed by atoms with Crippen LogP contribution in [0.15, 0.2) is 24.3 Å². The zero-order chi connectivity index (χ0) is 17.5. The number of hydrogen-bond donors (Lipinski definition) is 1. The van der Waals surface area contributed by atoms with Crippen molar-refractivity contribution in [1.82, 2.24) is 9.80 Å². The Bertz CT molecular complexity index is 550. The van der Waals surface area contributed by atoms with Crippen molar-refractivity contribution < 1.29 is 9.53 Å². The van der Waals surface area contributed by atoms with Crippen LogP contribution in [0.4, 0.5) is 5.69 Å². The Morgan fingerprint density at radius 1 is 1.12 bits per heavy atom. The molecule has 0 radical (unpaired) electrons. The quantitative estimate of drug-likeness (QED) is 0.771. The number of piperidine rings is 1. The molecule has 0 atom stereocenters. The summed E-state index contributed by atoms with van der Waals surface area (Å²) in [6, 6.07) is 7.80. The number of nitrogens with zero attached hydrogens (tertiary/aromatic N) is 2. The minimum atomic E-state index is 0.235. The third-order valence-corrected chi connectivity index (χ3v) is 5.42. The standard InChI is InChI=1S/C20H31N3O2/c21-19-6-2-1-5-17(19)7-8-20(24)23-13-9-18(10-14-23)25-16-15-22-11-3-4-12-22/h1-2,5-6,18H,3-4,7-16,21H2. The number of likely N-dealkylation sites (tertiary alicyclic amines) is 2. The van der Waals surface area contributed by atoms with E-state index in [1.807, 2.05) is 29.2 Å². The Morgan fingerprint density at radius 2 is 1.84 bits per heavy atom. The van der Waals surface area contributed by atoms with Gasteiger partial charge in [0.1, 0.15) is 0 Å². The van der Waals surface area contributed by atoms with Gasteiger partial charge in [-0.3, -0.25) is 4.79 Å². The van der Waals surface area contributed by atoms with Crippen LogP contribution < -0.4 is 5.73 Å². The van der Waals surface area contributed by atoms with Crippen LogP contribution >= 0.6 is 0 Å². The number of para-hydroxylation sites is 1. The van der Waals surface area contributed by atoms with Gasteiger partial charge < -0.3 is 20.3 Å². The molecule has 25 heavy (non-hydrogen) atoms. The molecular weight excluding hydrogens is 314 g/mol. The van der Waals surface area contributed by atoms with Crippen molar-refractivity contribution in [2.45, 2.75) is 44.6 Å². The lowest BCUT2D eigenvalue weighted by molar-refractivity contribution is -0.133. The maximum atomic E-state index is 12.4. The molecule has 2 fully saturated rings. The minimum Gasteiger partial charge on any atom is -0.399 e. The van der Waals surface area contributed by atoms with Gasteiger partial charge in [0.2, 0.25) is 5.91 Å². The number of hydrogen-bond acceptors (Lipinski definition) is 4. The number of benzene rings is 1. The van der Waals surface area contributed by atoms with Crippen molar-refractivity contribution in [3.8, 4) is 0 Å². The van der Waals surface area contributed by atoms with Gasteiger partial charge in [-0.05, 0) is 56.8 Å². The van der Waals surface area contributed by atoms with E-state index in [0.29, 0.717) is 12.5 Å². The Balaban J connectivity index is 1.32. The maximum absolute atomic E-state index is 12.4. The zero-order valence-corrected chi connectivity index (χ0v) is 15.2. The van der Waals surface area contributed by atoms with E-state index >= 15 is 0 Å². The first kappa shape index (κ1) is 18.2. The predicted octanol–water partition coefficient (Wildman–Crippen LogP) is 2.30. The molecule has 2 heterocycles. The lowest BCUT2D eigenvalue weighted by Crippen LogP contribution is -2.41. The second-order valence-corrected chi connectivity index (χ2v) is 7.20. The second-order valence-electron chi connectivity index (χ2n) is 7.20. The van der Waals surface area contributed by atoms with Crippen LogP contribution in [0.2, 0.25) is 0 Å². The van der Waals surface area contributed by atoms with E-state index in [1.54, 1.807) is 0 Å². The molecule has 138 valence electrons. The highest BCUT2D eigenvalue weighted by Crippen LogP contribution is 2.17. The van der Waals surface area contributed by atoms with Gasteiger partial charge in [0.25, 0.3) is 0 Å². The molecule has 1 aromatic carbocycles. The van der Waals surface area contributed by atoms with Crippen molar-refractivity contribution in [1.29, 1.82) is 0 Å². The Hall–Kier alpha value is -1.59. The largest absolute Gasteiger partial charge is 0.399 e. The molecule has 0 unspecified atom stereocenters. The van der Waals surface area contributed by atoms with E-state index < -0.39 is 0 Å². The summed E-state index contributed by atoms with van der Waals surface area (Å²) in [5.41, 5.74) is 7.79. The van der Waals surface area contributed by atoms with E-state index in [0.717, 1.165) is 56.8 Å². The molecular formula is C20H31N3O2. The fraction of sp³-hybridized carbons (Fsp3) is 0.650. The van der Waals surface area contributed by atoms with Gasteiger partial charge in [-0.1, -0.05) is 18.2 Å². The number of amides is 1. The first-order chi connectivity index (χ1) is 12.2. The fourth-order valence-electron chi connectivity index (χ4n) is 3.79. The third-order valence-electron chi connectivity index (χ3n) is 5.42. The van der Waals surface area contributed by atoms with E-state index in [4.69, 9.17) is 10.5 Å². The number of anilines is 1. The summed E-state index contributed by atoms with van der Waals surface area (Å²) >= 11 is 0. The monoisotopic (exact) mass is 345 g/mol. The molecule has 0 aliphatic carbocycles. The highest BCUT2D eigenvalue weighted by atomic mass is 16.5. The summed E-state index contributed by atoms with van der Waals surface area (Å²) in [6.07, 6.45) is 6.14. The van der Waals surface area contributed by atoms with Gasteiger partial charge in [-0.2, -0.15) is 0 Å². The minimum absolute atomic E-state index is 0.235. The van der Waals surface area contributed by atoms with Crippen molar-refractivity contribution >= 4 is 11.6 Å². The zero-order valence-electron chi connectivity index (χ0n) is 15.2. The van der Waals surface area contributed by atoms with Gasteiger partial charge in [-0.25, -0.2) is 0 Å². The smallest absolute Gasteiger partial charge is 0.222 e. The molecule has 0 bridgehead atoms. The van der Waals surface area contributed by atoms with E-state index in [1.165, 1.54) is 25.9 Å². The van der Waals surface area contributed by atoms with Crippen LogP contribution in [0.3, 0.4) is 0 Å². The lowest BCUT2D eigenvalue weighted by Gasteiger charge is -2.32. The number of rotatable bonds is 7. The number of carbonyl (C=O) groups excluding carboxylic acids is 1. The molecule has 0 aromatic heterocycles. The summed E-state index contributed by atoms with van der Waals surface area (Å²) in [5, 5.41) is 0. The summed E-state index contributed by atoms with van der Waals surface area (Å²) in [7, 11) is 0. The molecule has 1 aromatic rings. The van der Waals surface area contributed by atoms with Crippen LogP contribution in [-0.2, 0) is 16.0 Å². The van der Waals surface area contributed by atoms with Crippen LogP contribution in [0.5, 0.6) is 0 Å². The van der Waals surface area contributed by atoms with Gasteiger partial charge >= 0.3 is 0 Å². The van der Waals surface area contributed by atoms with Crippen molar-refractivity contribution in [3.63, 3.8) is 0 Å². The summed E-state index contributed by atoms with van der Waals surface area (Å²) < 4.78 is 6.02. The van der Waals surface area contributed by atoms with E-state index in [9.17, 15) is 4.79 Å². The molecule has 3 rings (SSSR count). The fourth-order valence-corrected chi connectivity index (χ4v) is 3.79. The molecule has 0 saturated carbocycles. The first-order valence-corrected chi connectivity index (χ1v) is 9.67. The van der Waals surface area contributed by atoms with Crippen LogP contribution in [-0.4, -0.2) is 61.1 Å². The third kappa shape index (κ3) is 5.44. The van der Waals surface area contributed by atoms with Crippen LogP contribution in [0.25, 0.3) is 0 Å². The molecule has 2 N–H and O–H groups in total. The second kappa shape index (κ2) is 9.20. The SMILES string of the molecule is Nc1ccccc1CCC(=O)N1CCC(OCCN2CCCC2)CC1. The molecule has 5 heteroatoms. The summed E-state index contributed by atoms with van der Waals surface area (Å²) in [6.45, 7) is 5.96. The highest BCUT2D eigenvalue weighted by molar-refractivity contribution is 5.76. The van der Waals surface area contributed by atoms with E-state index in [2.05, 4.69) is 4.90 Å². The van der Waals surface area contributed by atoms with Gasteiger partial charge in [0.15, 0.2) is 0 Å². The molecule has 5 nitrogen and oxygen atoms in total.